The molecule has 0 atom stereocenters. The number of likely N-dealkylation sites (N-methyl/N-ethyl adjacent to an activating group) is 1. The van der Waals surface area contributed by atoms with Crippen LogP contribution in [0.4, 0.5) is 0 Å². The van der Waals surface area contributed by atoms with Crippen LogP contribution in [0, 0.1) is 0 Å². The van der Waals surface area contributed by atoms with Gasteiger partial charge in [0.15, 0.2) is 0 Å². The Morgan fingerprint density at radius 3 is 1.97 bits per heavy atom. The molecule has 1 aromatic carbocycles. The number of nitrogens with two attached hydrogens (primary N) is 1. The monoisotopic (exact) mass is 428 g/mol. The molecule has 0 aliphatic carbocycles. The average Bonchev–Trinajstić information content (AvgIpc) is 2.81. The van der Waals surface area contributed by atoms with E-state index in [0.717, 1.165) is 70.6 Å². The van der Waals surface area contributed by atoms with E-state index in [2.05, 4.69) is 19.2 Å². The smallest absolute Gasteiger partial charge is 0.120 e. The van der Waals surface area contributed by atoms with Crippen molar-refractivity contribution in [3.63, 3.8) is 0 Å². The third-order valence-corrected chi connectivity index (χ3v) is 3.45. The van der Waals surface area contributed by atoms with Gasteiger partial charge in [-0.1, -0.05) is 39.8 Å². The number of benzene rings is 1. The van der Waals surface area contributed by atoms with E-state index in [1.807, 2.05) is 45.2 Å². The summed E-state index contributed by atoms with van der Waals surface area (Å²) in [6.45, 7) is 12.9. The highest BCUT2D eigenvalue weighted by molar-refractivity contribution is 5.49. The highest BCUT2D eigenvalue weighted by Crippen LogP contribution is 2.12. The zero-order chi connectivity index (χ0) is 23.3. The first-order chi connectivity index (χ1) is 14.7. The summed E-state index contributed by atoms with van der Waals surface area (Å²) in [6.07, 6.45) is 5.67. The number of aldehydes is 1. The van der Waals surface area contributed by atoms with Gasteiger partial charge in [-0.05, 0) is 57.0 Å². The number of hydrogen-bond donors (Lipinski definition) is 2. The average molecular weight is 429 g/mol. The molecule has 0 amide bonds. The molecule has 0 aromatic heterocycles. The quantitative estimate of drug-likeness (QED) is 0.340. The Kier molecular flexibility index (Phi) is 35.6. The zero-order valence-electron chi connectivity index (χ0n) is 20.4. The highest BCUT2D eigenvalue weighted by atomic mass is 16.5. The van der Waals surface area contributed by atoms with E-state index in [-0.39, 0.29) is 0 Å². The number of hydrogen-bond acceptors (Lipinski definition) is 6. The normalized spacial score (nSPS) is 9.17. The fourth-order valence-corrected chi connectivity index (χ4v) is 1.82. The Labute approximate surface area is 185 Å². The van der Waals surface area contributed by atoms with Crippen molar-refractivity contribution in [1.29, 1.82) is 0 Å². The first-order valence-corrected chi connectivity index (χ1v) is 11.3. The lowest BCUT2D eigenvalue weighted by Crippen LogP contribution is -2.16. The van der Waals surface area contributed by atoms with Crippen molar-refractivity contribution in [3.05, 3.63) is 29.8 Å². The van der Waals surface area contributed by atoms with Gasteiger partial charge in [0.25, 0.3) is 0 Å². The van der Waals surface area contributed by atoms with Crippen LogP contribution in [0.5, 0.6) is 5.75 Å². The van der Waals surface area contributed by atoms with Gasteiger partial charge < -0.3 is 30.1 Å². The van der Waals surface area contributed by atoms with Crippen molar-refractivity contribution in [2.24, 2.45) is 5.73 Å². The van der Waals surface area contributed by atoms with Gasteiger partial charge >= 0.3 is 0 Å². The van der Waals surface area contributed by atoms with E-state index < -0.39 is 0 Å². The molecule has 1 rings (SSSR count). The molecule has 0 heterocycles. The number of unbranched alkanes of at least 4 members (excludes halogenated alkanes) is 1. The number of carbonyl (C=O) groups excluding carboxylic acids is 1. The van der Waals surface area contributed by atoms with Crippen LogP contribution in [-0.2, 0) is 20.7 Å². The summed E-state index contributed by atoms with van der Waals surface area (Å²) in [5.74, 6) is 0.874. The summed E-state index contributed by atoms with van der Waals surface area (Å²) >= 11 is 0. The Balaban J connectivity index is -0.000000389. The lowest BCUT2D eigenvalue weighted by molar-refractivity contribution is -0.107. The molecule has 0 bridgehead atoms. The van der Waals surface area contributed by atoms with E-state index >= 15 is 0 Å². The van der Waals surface area contributed by atoms with Gasteiger partial charge in [0.1, 0.15) is 12.0 Å². The van der Waals surface area contributed by atoms with Gasteiger partial charge in [0.05, 0.1) is 26.9 Å². The molecule has 0 aliphatic rings. The maximum absolute atomic E-state index is 10.1. The molecule has 0 unspecified atom stereocenters. The summed E-state index contributed by atoms with van der Waals surface area (Å²) in [4.78, 5) is 10.1. The third-order valence-electron chi connectivity index (χ3n) is 3.45. The van der Waals surface area contributed by atoms with Crippen molar-refractivity contribution >= 4 is 6.29 Å². The summed E-state index contributed by atoms with van der Waals surface area (Å²) < 4.78 is 15.5. The predicted octanol–water partition coefficient (Wildman–Crippen LogP) is 4.25. The molecule has 178 valence electrons. The number of rotatable bonds is 14. The number of nitrogens with one attached hydrogen (secondary N) is 1. The fraction of sp³-hybridized carbons (Fsp3) is 0.708. The molecule has 0 saturated heterocycles. The van der Waals surface area contributed by atoms with E-state index in [9.17, 15) is 4.79 Å². The highest BCUT2D eigenvalue weighted by Gasteiger charge is 1.94. The minimum atomic E-state index is 0.645. The first kappa shape index (κ1) is 33.2. The van der Waals surface area contributed by atoms with Gasteiger partial charge in [-0.2, -0.15) is 0 Å². The summed E-state index contributed by atoms with van der Waals surface area (Å²) in [5.41, 5.74) is 6.28. The molecule has 30 heavy (non-hydrogen) atoms. The number of carbonyl (C=O) groups is 1. The van der Waals surface area contributed by atoms with Crippen molar-refractivity contribution in [3.8, 4) is 5.75 Å². The SMILES string of the molecule is CC.CCCN.CCCOCCOCCNC.COc1ccc(CCCC=O)cc1. The largest absolute Gasteiger partial charge is 0.497 e. The molecule has 6 heteroatoms. The van der Waals surface area contributed by atoms with Crippen LogP contribution >= 0.6 is 0 Å². The molecule has 0 spiro atoms. The van der Waals surface area contributed by atoms with Gasteiger partial charge in [-0.25, -0.2) is 0 Å². The topological polar surface area (TPSA) is 82.8 Å². The number of methoxy groups -OCH3 is 1. The molecular formula is C24H48N2O4. The van der Waals surface area contributed by atoms with Crippen LogP contribution in [-0.4, -0.2) is 60.0 Å². The lowest BCUT2D eigenvalue weighted by atomic mass is 10.1. The van der Waals surface area contributed by atoms with Gasteiger partial charge in [0, 0.05) is 19.6 Å². The number of aryl methyl sites for hydroxylation is 1. The maximum atomic E-state index is 10.1. The first-order valence-electron chi connectivity index (χ1n) is 11.3. The molecular weight excluding hydrogens is 380 g/mol. The van der Waals surface area contributed by atoms with E-state index in [1.54, 1.807) is 7.11 Å². The second-order valence-electron chi connectivity index (χ2n) is 6.02. The Bertz CT molecular complexity index is 404. The van der Waals surface area contributed by atoms with Crippen LogP contribution in [0.25, 0.3) is 0 Å². The maximum Gasteiger partial charge on any atom is 0.120 e. The zero-order valence-corrected chi connectivity index (χ0v) is 20.4. The van der Waals surface area contributed by atoms with Crippen LogP contribution in [0.3, 0.4) is 0 Å². The molecule has 6 nitrogen and oxygen atoms in total. The summed E-state index contributed by atoms with van der Waals surface area (Å²) in [6, 6.07) is 7.94. The van der Waals surface area contributed by atoms with E-state index in [1.165, 1.54) is 5.56 Å². The Hall–Kier alpha value is -1.47. The van der Waals surface area contributed by atoms with Crippen LogP contribution < -0.4 is 15.8 Å². The van der Waals surface area contributed by atoms with Crippen LogP contribution in [0.15, 0.2) is 24.3 Å². The Morgan fingerprint density at radius 1 is 0.967 bits per heavy atom. The predicted molar refractivity (Wildman–Crippen MR) is 129 cm³/mol. The van der Waals surface area contributed by atoms with Crippen LogP contribution in [0.1, 0.15) is 58.9 Å². The van der Waals surface area contributed by atoms with Gasteiger partial charge in [-0.3, -0.25) is 0 Å². The lowest BCUT2D eigenvalue weighted by Gasteiger charge is -2.03. The summed E-state index contributed by atoms with van der Waals surface area (Å²) in [5, 5.41) is 3.00. The minimum absolute atomic E-state index is 0.645. The van der Waals surface area contributed by atoms with E-state index in [4.69, 9.17) is 19.9 Å². The summed E-state index contributed by atoms with van der Waals surface area (Å²) in [7, 11) is 3.57. The third kappa shape index (κ3) is 28.7. The van der Waals surface area contributed by atoms with Crippen molar-refractivity contribution in [2.75, 3.05) is 53.7 Å². The van der Waals surface area contributed by atoms with Crippen molar-refractivity contribution in [2.45, 2.75) is 59.8 Å². The van der Waals surface area contributed by atoms with Gasteiger partial charge in [-0.15, -0.1) is 0 Å². The molecule has 3 N–H and O–H groups in total. The van der Waals surface area contributed by atoms with Crippen LogP contribution in [0.2, 0.25) is 0 Å². The Morgan fingerprint density at radius 2 is 1.53 bits per heavy atom. The molecule has 1 aromatic rings. The molecule has 0 aliphatic heterocycles. The van der Waals surface area contributed by atoms with Gasteiger partial charge in [0.2, 0.25) is 0 Å². The number of ether oxygens (including phenoxy) is 3. The second-order valence-corrected chi connectivity index (χ2v) is 6.02. The molecule has 0 radical (unpaired) electrons. The standard InChI is InChI=1S/C11H14O2.C8H19NO2.C3H9N.C2H6/c1-13-11-7-5-10(6-8-11)4-2-3-9-12;1-3-5-10-7-8-11-6-4-9-2;1-2-3-4;1-2/h5-9H,2-4H2,1H3;9H,3-8H2,1-2H3;2-4H2,1H3;1-2H3. The van der Waals surface area contributed by atoms with Crippen molar-refractivity contribution < 1.29 is 19.0 Å². The molecule has 0 saturated carbocycles. The molecule has 0 fully saturated rings. The fourth-order valence-electron chi connectivity index (χ4n) is 1.82. The second kappa shape index (κ2) is 32.2. The minimum Gasteiger partial charge on any atom is -0.497 e. The van der Waals surface area contributed by atoms with Crippen molar-refractivity contribution in [1.82, 2.24) is 5.32 Å². The van der Waals surface area contributed by atoms with E-state index in [0.29, 0.717) is 13.0 Å².